The van der Waals surface area contributed by atoms with Crippen molar-refractivity contribution in [3.8, 4) is 0 Å². The van der Waals surface area contributed by atoms with Crippen molar-refractivity contribution < 1.29 is 8.76 Å². The summed E-state index contributed by atoms with van der Waals surface area (Å²) in [4.78, 5) is 0. The minimum atomic E-state index is -2.09. The van der Waals surface area contributed by atoms with E-state index in [-0.39, 0.29) is 0 Å². The minimum Gasteiger partial charge on any atom is -0.170 e. The van der Waals surface area contributed by atoms with Crippen LogP contribution in [0.5, 0.6) is 0 Å². The van der Waals surface area contributed by atoms with Gasteiger partial charge in [-0.05, 0) is 17.1 Å². The largest absolute Gasteiger partial charge is 0.278 e. The van der Waals surface area contributed by atoms with Crippen LogP contribution in [-0.2, 0) is 15.5 Å². The predicted octanol–water partition coefficient (Wildman–Crippen LogP) is 1.19. The number of hydrogen-bond donors (Lipinski definition) is 1. The molecule has 0 aromatic carbocycles. The molecule has 0 heterocycles. The lowest BCUT2D eigenvalue weighted by atomic mass is 10.4. The zero-order valence-corrected chi connectivity index (χ0v) is 7.47. The average Bonchev–Trinajstić information content (AvgIpc) is 1.87. The first-order valence-corrected chi connectivity index (χ1v) is 4.79. The fourth-order valence-corrected chi connectivity index (χ4v) is 1.54. The molecule has 3 nitrogen and oxygen atoms in total. The highest BCUT2D eigenvalue weighted by molar-refractivity contribution is 7.76. The summed E-state index contributed by atoms with van der Waals surface area (Å²) in [6, 6.07) is 0. The fraction of sp³-hybridized carbons (Fsp3) is 1.00. The Hall–Kier alpha value is 0.0700. The molecule has 0 aliphatic heterocycles. The second kappa shape index (κ2) is 5.82. The van der Waals surface area contributed by atoms with E-state index < -0.39 is 11.3 Å². The Labute approximate surface area is 64.8 Å². The van der Waals surface area contributed by atoms with Crippen molar-refractivity contribution >= 4 is 11.3 Å². The molecule has 62 valence electrons. The fourth-order valence-electron chi connectivity index (χ4n) is 0.799. The topological polar surface area (TPSA) is 40.5 Å². The summed E-state index contributed by atoms with van der Waals surface area (Å²) >= 11 is -2.09. The van der Waals surface area contributed by atoms with Crippen molar-refractivity contribution in [1.82, 2.24) is 4.31 Å². The Bertz CT molecular complexity index is 102. The van der Waals surface area contributed by atoms with E-state index >= 15 is 0 Å². The van der Waals surface area contributed by atoms with Crippen molar-refractivity contribution in [3.63, 3.8) is 0 Å². The summed E-state index contributed by atoms with van der Waals surface area (Å²) in [5.41, 5.74) is 0. The molecule has 4 heteroatoms. The molecule has 0 spiro atoms. The Kier molecular flexibility index (Phi) is 5.87. The lowest BCUT2D eigenvalue weighted by molar-refractivity contribution is 0.383. The summed E-state index contributed by atoms with van der Waals surface area (Å²) in [6.07, 6.45) is 1.86. The van der Waals surface area contributed by atoms with Crippen LogP contribution in [0.15, 0.2) is 0 Å². The van der Waals surface area contributed by atoms with Crippen molar-refractivity contribution in [2.45, 2.75) is 26.7 Å². The third-order valence-corrected chi connectivity index (χ3v) is 2.09. The standard InChI is InChI=1S/C6H15NO2S/c1-3-5-7(6-4-2)10(8)9/h3-6H2,1-2H3,(H,8,9)/p+1. The van der Waals surface area contributed by atoms with Crippen molar-refractivity contribution in [3.05, 3.63) is 0 Å². The SMILES string of the molecule is CCCN(CCC)[SH+](=O)O. The molecule has 1 unspecified atom stereocenters. The van der Waals surface area contributed by atoms with Gasteiger partial charge >= 0.3 is 0 Å². The molecule has 0 amide bonds. The predicted molar refractivity (Wildman–Crippen MR) is 44.2 cm³/mol. The van der Waals surface area contributed by atoms with E-state index in [1.807, 2.05) is 13.8 Å². The molecule has 0 bridgehead atoms. The van der Waals surface area contributed by atoms with Gasteiger partial charge in [0, 0.05) is 13.1 Å². The molecular formula is C6H16NO2S+. The first-order valence-electron chi connectivity index (χ1n) is 3.63. The zero-order valence-electron chi connectivity index (χ0n) is 6.58. The van der Waals surface area contributed by atoms with E-state index in [0.29, 0.717) is 0 Å². The van der Waals surface area contributed by atoms with E-state index in [4.69, 9.17) is 4.55 Å². The third kappa shape index (κ3) is 3.98. The minimum absolute atomic E-state index is 0.722. The van der Waals surface area contributed by atoms with Crippen LogP contribution in [0.25, 0.3) is 0 Å². The molecule has 0 rings (SSSR count). The van der Waals surface area contributed by atoms with Crippen molar-refractivity contribution in [2.75, 3.05) is 13.1 Å². The Morgan fingerprint density at radius 2 is 1.70 bits per heavy atom. The van der Waals surface area contributed by atoms with Gasteiger partial charge in [-0.15, -0.1) is 0 Å². The van der Waals surface area contributed by atoms with E-state index in [1.54, 1.807) is 4.31 Å². The molecule has 10 heavy (non-hydrogen) atoms. The summed E-state index contributed by atoms with van der Waals surface area (Å²) in [5.74, 6) is 0. The van der Waals surface area contributed by atoms with Gasteiger partial charge < -0.3 is 0 Å². The van der Waals surface area contributed by atoms with Crippen molar-refractivity contribution in [2.24, 2.45) is 0 Å². The van der Waals surface area contributed by atoms with Gasteiger partial charge in [-0.1, -0.05) is 18.2 Å². The number of hydrogen-bond acceptors (Lipinski definition) is 1. The zero-order chi connectivity index (χ0) is 7.98. The molecule has 0 saturated carbocycles. The van der Waals surface area contributed by atoms with Gasteiger partial charge in [0.2, 0.25) is 0 Å². The van der Waals surface area contributed by atoms with Crippen LogP contribution in [-0.4, -0.2) is 21.9 Å². The van der Waals surface area contributed by atoms with Gasteiger partial charge in [0.25, 0.3) is 11.3 Å². The second-order valence-electron chi connectivity index (χ2n) is 2.21. The summed E-state index contributed by atoms with van der Waals surface area (Å²) in [6.45, 7) is 5.45. The average molecular weight is 166 g/mol. The van der Waals surface area contributed by atoms with Gasteiger partial charge in [0.15, 0.2) is 0 Å². The molecule has 0 aromatic heterocycles. The van der Waals surface area contributed by atoms with Crippen LogP contribution in [0.3, 0.4) is 0 Å². The van der Waals surface area contributed by atoms with Crippen LogP contribution in [0.1, 0.15) is 26.7 Å². The van der Waals surface area contributed by atoms with Gasteiger partial charge in [-0.3, -0.25) is 0 Å². The van der Waals surface area contributed by atoms with Gasteiger partial charge in [0.05, 0.1) is 0 Å². The van der Waals surface area contributed by atoms with Crippen molar-refractivity contribution in [1.29, 1.82) is 0 Å². The number of rotatable bonds is 5. The number of nitrogens with zero attached hydrogens (tertiary/aromatic N) is 1. The molecule has 0 aliphatic rings. The Morgan fingerprint density at radius 3 is 1.90 bits per heavy atom. The Balaban J connectivity index is 3.61. The quantitative estimate of drug-likeness (QED) is 0.492. The van der Waals surface area contributed by atoms with Gasteiger partial charge in [-0.25, -0.2) is 0 Å². The lowest BCUT2D eigenvalue weighted by Crippen LogP contribution is -2.26. The highest BCUT2D eigenvalue weighted by Crippen LogP contribution is 1.96. The third-order valence-electron chi connectivity index (χ3n) is 1.21. The van der Waals surface area contributed by atoms with E-state index in [1.165, 1.54) is 0 Å². The van der Waals surface area contributed by atoms with E-state index in [0.717, 1.165) is 25.9 Å². The summed E-state index contributed by atoms with van der Waals surface area (Å²) in [7, 11) is 0. The molecule has 0 saturated heterocycles. The first kappa shape index (κ1) is 10.1. The van der Waals surface area contributed by atoms with Crippen LogP contribution >= 0.6 is 0 Å². The molecule has 0 fully saturated rings. The maximum Gasteiger partial charge on any atom is 0.278 e. The van der Waals surface area contributed by atoms with Crippen LogP contribution in [0.4, 0.5) is 0 Å². The van der Waals surface area contributed by atoms with Crippen LogP contribution in [0.2, 0.25) is 0 Å². The molecule has 1 atom stereocenters. The van der Waals surface area contributed by atoms with E-state index in [9.17, 15) is 4.21 Å². The summed E-state index contributed by atoms with van der Waals surface area (Å²) < 4.78 is 20.9. The molecule has 0 aliphatic carbocycles. The lowest BCUT2D eigenvalue weighted by Gasteiger charge is -2.08. The van der Waals surface area contributed by atoms with Gasteiger partial charge in [-0.2, -0.15) is 4.55 Å². The Morgan fingerprint density at radius 1 is 1.30 bits per heavy atom. The number of thiol groups is 1. The first-order chi connectivity index (χ1) is 4.72. The van der Waals surface area contributed by atoms with Crippen LogP contribution in [0, 0.1) is 0 Å². The highest BCUT2D eigenvalue weighted by Gasteiger charge is 2.12. The normalized spacial score (nSPS) is 14.0. The maximum absolute atomic E-state index is 10.6. The smallest absolute Gasteiger partial charge is 0.170 e. The molecule has 0 aromatic rings. The highest BCUT2D eigenvalue weighted by atomic mass is 32.2. The maximum atomic E-state index is 10.6. The van der Waals surface area contributed by atoms with E-state index in [2.05, 4.69) is 0 Å². The monoisotopic (exact) mass is 166 g/mol. The molecular weight excluding hydrogens is 150 g/mol. The molecule has 1 N–H and O–H groups in total. The van der Waals surface area contributed by atoms with Crippen LogP contribution < -0.4 is 0 Å². The second-order valence-corrected chi connectivity index (χ2v) is 3.28. The van der Waals surface area contributed by atoms with Gasteiger partial charge in [0.1, 0.15) is 0 Å². The molecule has 0 radical (unpaired) electrons. The summed E-state index contributed by atoms with van der Waals surface area (Å²) in [5, 5.41) is 0.